The molecule has 1 saturated heterocycles. The molecule has 2 unspecified atom stereocenters. The van der Waals surface area contributed by atoms with E-state index in [0.29, 0.717) is 37.6 Å². The van der Waals surface area contributed by atoms with Gasteiger partial charge in [-0.2, -0.15) is 4.31 Å². The molecule has 176 valence electrons. The van der Waals surface area contributed by atoms with Crippen molar-refractivity contribution in [3.8, 4) is 0 Å². The number of nitrogens with zero attached hydrogens (tertiary/aromatic N) is 2. The SMILES string of the molecule is CCn1cc(C(=O)NCCC(C)C)c(=O)c2cc(S(=O)(=O)N3CC(C)CC(C)C3)ccc21. The van der Waals surface area contributed by atoms with Crippen LogP contribution in [0, 0.1) is 17.8 Å². The fraction of sp³-hybridized carbons (Fsp3) is 0.583. The van der Waals surface area contributed by atoms with Crippen LogP contribution in [0.3, 0.4) is 0 Å². The van der Waals surface area contributed by atoms with Gasteiger partial charge in [-0.1, -0.05) is 27.7 Å². The summed E-state index contributed by atoms with van der Waals surface area (Å²) in [6.07, 6.45) is 3.38. The maximum Gasteiger partial charge on any atom is 0.256 e. The minimum absolute atomic E-state index is 0.0397. The molecule has 0 bridgehead atoms. The Balaban J connectivity index is 2.04. The first-order valence-electron chi connectivity index (χ1n) is 11.5. The van der Waals surface area contributed by atoms with Crippen molar-refractivity contribution in [1.29, 1.82) is 0 Å². The molecular weight excluding hydrogens is 426 g/mol. The molecule has 1 N–H and O–H groups in total. The third-order valence-electron chi connectivity index (χ3n) is 6.12. The topological polar surface area (TPSA) is 88.5 Å². The number of benzene rings is 1. The monoisotopic (exact) mass is 461 g/mol. The predicted octanol–water partition coefficient (Wildman–Crippen LogP) is 3.46. The summed E-state index contributed by atoms with van der Waals surface area (Å²) in [6.45, 7) is 12.2. The Kier molecular flexibility index (Phi) is 7.45. The lowest BCUT2D eigenvalue weighted by atomic mass is 9.94. The van der Waals surface area contributed by atoms with Gasteiger partial charge in [-0.15, -0.1) is 0 Å². The molecule has 0 radical (unpaired) electrons. The van der Waals surface area contributed by atoms with Crippen LogP contribution in [-0.2, 0) is 16.6 Å². The number of carbonyl (C=O) groups excluding carboxylic acids is 1. The number of fused-ring (bicyclic) bond motifs is 1. The molecule has 2 atom stereocenters. The lowest BCUT2D eigenvalue weighted by Crippen LogP contribution is -2.42. The Hall–Kier alpha value is -2.19. The average molecular weight is 462 g/mol. The van der Waals surface area contributed by atoms with Gasteiger partial charge in [-0.3, -0.25) is 9.59 Å². The third kappa shape index (κ3) is 5.07. The second-order valence-corrected chi connectivity index (χ2v) is 11.5. The van der Waals surface area contributed by atoms with Crippen LogP contribution in [-0.4, -0.2) is 42.8 Å². The van der Waals surface area contributed by atoms with E-state index >= 15 is 0 Å². The van der Waals surface area contributed by atoms with Gasteiger partial charge in [0.25, 0.3) is 5.91 Å². The Morgan fingerprint density at radius 3 is 2.44 bits per heavy atom. The molecular formula is C24H35N3O4S. The molecule has 0 spiro atoms. The second-order valence-electron chi connectivity index (χ2n) is 9.54. The highest BCUT2D eigenvalue weighted by Gasteiger charge is 2.32. The Bertz CT molecular complexity index is 1140. The number of piperidine rings is 1. The summed E-state index contributed by atoms with van der Waals surface area (Å²) < 4.78 is 30.0. The number of carbonyl (C=O) groups is 1. The highest BCUT2D eigenvalue weighted by molar-refractivity contribution is 7.89. The molecule has 0 saturated carbocycles. The van der Waals surface area contributed by atoms with Crippen LogP contribution >= 0.6 is 0 Å². The summed E-state index contributed by atoms with van der Waals surface area (Å²) in [4.78, 5) is 26.0. The number of sulfonamides is 1. The molecule has 1 aliphatic heterocycles. The number of hydrogen-bond acceptors (Lipinski definition) is 4. The summed E-state index contributed by atoms with van der Waals surface area (Å²) in [6, 6.07) is 4.67. The molecule has 1 aromatic heterocycles. The molecule has 8 heteroatoms. The van der Waals surface area contributed by atoms with Gasteiger partial charge in [0.1, 0.15) is 5.56 Å². The van der Waals surface area contributed by atoms with E-state index < -0.39 is 21.4 Å². The summed E-state index contributed by atoms with van der Waals surface area (Å²) in [7, 11) is -3.73. The number of amides is 1. The predicted molar refractivity (Wildman–Crippen MR) is 127 cm³/mol. The molecule has 1 fully saturated rings. The van der Waals surface area contributed by atoms with Gasteiger partial charge in [0.2, 0.25) is 15.5 Å². The van der Waals surface area contributed by atoms with E-state index in [2.05, 4.69) is 33.0 Å². The van der Waals surface area contributed by atoms with Crippen molar-refractivity contribution >= 4 is 26.8 Å². The third-order valence-corrected chi connectivity index (χ3v) is 7.94. The molecule has 1 amide bonds. The van der Waals surface area contributed by atoms with Crippen molar-refractivity contribution in [2.75, 3.05) is 19.6 Å². The minimum atomic E-state index is -3.73. The van der Waals surface area contributed by atoms with Crippen LogP contribution in [0.2, 0.25) is 0 Å². The Morgan fingerprint density at radius 1 is 1.19 bits per heavy atom. The molecule has 32 heavy (non-hydrogen) atoms. The number of aryl methyl sites for hydroxylation is 1. The van der Waals surface area contributed by atoms with E-state index in [1.54, 1.807) is 18.3 Å². The normalized spacial score (nSPS) is 20.1. The van der Waals surface area contributed by atoms with Crippen molar-refractivity contribution in [2.45, 2.75) is 58.9 Å². The van der Waals surface area contributed by atoms with Crippen molar-refractivity contribution in [3.63, 3.8) is 0 Å². The largest absolute Gasteiger partial charge is 0.352 e. The number of rotatable bonds is 7. The highest BCUT2D eigenvalue weighted by Crippen LogP contribution is 2.28. The minimum Gasteiger partial charge on any atom is -0.352 e. The zero-order valence-corrected chi connectivity index (χ0v) is 20.5. The maximum absolute atomic E-state index is 13.3. The summed E-state index contributed by atoms with van der Waals surface area (Å²) in [5.41, 5.74) is 0.220. The van der Waals surface area contributed by atoms with Crippen LogP contribution in [0.4, 0.5) is 0 Å². The van der Waals surface area contributed by atoms with E-state index in [4.69, 9.17) is 0 Å². The number of nitrogens with one attached hydrogen (secondary N) is 1. The van der Waals surface area contributed by atoms with E-state index in [1.807, 2.05) is 11.5 Å². The standard InChI is InChI=1S/C24H35N3O4S/c1-6-26-15-21(24(29)25-10-9-16(2)3)23(28)20-12-19(7-8-22(20)26)32(30,31)27-13-17(4)11-18(5)14-27/h7-8,12,15-18H,6,9-11,13-14H2,1-5H3,(H,25,29). The van der Waals surface area contributed by atoms with E-state index in [-0.39, 0.29) is 27.7 Å². The lowest BCUT2D eigenvalue weighted by molar-refractivity contribution is 0.0950. The van der Waals surface area contributed by atoms with E-state index in [9.17, 15) is 18.0 Å². The average Bonchev–Trinajstić information content (AvgIpc) is 2.72. The Morgan fingerprint density at radius 2 is 1.84 bits per heavy atom. The van der Waals surface area contributed by atoms with E-state index in [0.717, 1.165) is 12.8 Å². The fourth-order valence-electron chi connectivity index (χ4n) is 4.48. The van der Waals surface area contributed by atoms with Crippen molar-refractivity contribution in [2.24, 2.45) is 17.8 Å². The van der Waals surface area contributed by atoms with Gasteiger partial charge >= 0.3 is 0 Å². The van der Waals surface area contributed by atoms with Crippen molar-refractivity contribution in [1.82, 2.24) is 14.2 Å². The van der Waals surface area contributed by atoms with Gasteiger partial charge in [0.15, 0.2) is 0 Å². The first-order valence-corrected chi connectivity index (χ1v) is 12.9. The van der Waals surface area contributed by atoms with Crippen LogP contribution in [0.5, 0.6) is 0 Å². The first kappa shape index (κ1) is 24.5. The quantitative estimate of drug-likeness (QED) is 0.684. The fourth-order valence-corrected chi connectivity index (χ4v) is 6.19. The van der Waals surface area contributed by atoms with Gasteiger partial charge in [-0.25, -0.2) is 8.42 Å². The molecule has 1 aromatic carbocycles. The smallest absolute Gasteiger partial charge is 0.256 e. The zero-order valence-electron chi connectivity index (χ0n) is 19.7. The molecule has 7 nitrogen and oxygen atoms in total. The number of aromatic nitrogens is 1. The summed E-state index contributed by atoms with van der Waals surface area (Å²) in [5.74, 6) is 0.582. The van der Waals surface area contributed by atoms with Crippen LogP contribution in [0.15, 0.2) is 34.1 Å². The lowest BCUT2D eigenvalue weighted by Gasteiger charge is -2.34. The maximum atomic E-state index is 13.3. The van der Waals surface area contributed by atoms with Crippen LogP contribution in [0.1, 0.15) is 57.8 Å². The highest BCUT2D eigenvalue weighted by atomic mass is 32.2. The van der Waals surface area contributed by atoms with Crippen molar-refractivity contribution in [3.05, 3.63) is 40.2 Å². The van der Waals surface area contributed by atoms with Crippen LogP contribution in [0.25, 0.3) is 10.9 Å². The number of pyridine rings is 1. The van der Waals surface area contributed by atoms with Gasteiger partial charge in [0, 0.05) is 37.8 Å². The van der Waals surface area contributed by atoms with Crippen molar-refractivity contribution < 1.29 is 13.2 Å². The Labute approximate surface area is 190 Å². The van der Waals surface area contributed by atoms with Gasteiger partial charge < -0.3 is 9.88 Å². The molecule has 3 rings (SSSR count). The number of hydrogen-bond donors (Lipinski definition) is 1. The van der Waals surface area contributed by atoms with E-state index in [1.165, 1.54) is 10.4 Å². The second kappa shape index (κ2) is 9.75. The summed E-state index contributed by atoms with van der Waals surface area (Å²) >= 11 is 0. The van der Waals surface area contributed by atoms with Gasteiger partial charge in [0.05, 0.1) is 10.4 Å². The molecule has 0 aliphatic carbocycles. The molecule has 2 aromatic rings. The molecule has 1 aliphatic rings. The van der Waals surface area contributed by atoms with Crippen LogP contribution < -0.4 is 10.7 Å². The summed E-state index contributed by atoms with van der Waals surface area (Å²) in [5, 5.41) is 3.07. The molecule has 2 heterocycles. The first-order chi connectivity index (χ1) is 15.0. The van der Waals surface area contributed by atoms with Gasteiger partial charge in [-0.05, 0) is 55.7 Å². The zero-order chi connectivity index (χ0) is 23.6.